The molecule has 2 rings (SSSR count). The Morgan fingerprint density at radius 3 is 2.32 bits per heavy atom. The summed E-state index contributed by atoms with van der Waals surface area (Å²) in [4.78, 5) is 10.1. The van der Waals surface area contributed by atoms with Gasteiger partial charge in [-0.05, 0) is 36.4 Å². The van der Waals surface area contributed by atoms with Crippen LogP contribution in [-0.2, 0) is 0 Å². The lowest BCUT2D eigenvalue weighted by atomic mass is 10.2. The molecular formula is C13H11ClN2O3. The van der Waals surface area contributed by atoms with Crippen molar-refractivity contribution in [2.75, 3.05) is 12.4 Å². The van der Waals surface area contributed by atoms with Crippen molar-refractivity contribution in [1.29, 1.82) is 0 Å². The van der Waals surface area contributed by atoms with Crippen LogP contribution < -0.4 is 10.1 Å². The Morgan fingerprint density at radius 1 is 1.16 bits per heavy atom. The zero-order valence-corrected chi connectivity index (χ0v) is 10.8. The topological polar surface area (TPSA) is 64.4 Å². The predicted octanol–water partition coefficient (Wildman–Crippen LogP) is 4.00. The number of nitrogens with one attached hydrogen (secondary N) is 1. The molecule has 0 fully saturated rings. The summed E-state index contributed by atoms with van der Waals surface area (Å²) in [6.07, 6.45) is 0. The fourth-order valence-electron chi connectivity index (χ4n) is 1.57. The third kappa shape index (κ3) is 3.14. The van der Waals surface area contributed by atoms with Gasteiger partial charge in [0.25, 0.3) is 5.69 Å². The van der Waals surface area contributed by atoms with Crippen molar-refractivity contribution >= 4 is 28.7 Å². The zero-order chi connectivity index (χ0) is 13.8. The first-order valence-corrected chi connectivity index (χ1v) is 5.83. The summed E-state index contributed by atoms with van der Waals surface area (Å²) >= 11 is 5.84. The minimum Gasteiger partial charge on any atom is -0.497 e. The van der Waals surface area contributed by atoms with Crippen LogP contribution in [0.3, 0.4) is 0 Å². The van der Waals surface area contributed by atoms with E-state index < -0.39 is 4.92 Å². The maximum Gasteiger partial charge on any atom is 0.288 e. The number of ether oxygens (including phenoxy) is 1. The van der Waals surface area contributed by atoms with Crippen LogP contribution in [0, 0.1) is 10.1 Å². The van der Waals surface area contributed by atoms with E-state index in [9.17, 15) is 10.1 Å². The van der Waals surface area contributed by atoms with Crippen LogP contribution in [0.5, 0.6) is 5.75 Å². The minimum absolute atomic E-state index is 0.100. The lowest BCUT2D eigenvalue weighted by molar-refractivity contribution is -0.384. The maximum absolute atomic E-state index is 10.6. The average molecular weight is 279 g/mol. The Hall–Kier alpha value is -2.27. The Bertz CT molecular complexity index is 599. The smallest absolute Gasteiger partial charge is 0.288 e. The quantitative estimate of drug-likeness (QED) is 0.678. The van der Waals surface area contributed by atoms with Gasteiger partial charge >= 0.3 is 0 Å². The number of methoxy groups -OCH3 is 1. The number of rotatable bonds is 4. The van der Waals surface area contributed by atoms with Crippen LogP contribution >= 0.6 is 11.6 Å². The molecule has 2 aromatic carbocycles. The van der Waals surface area contributed by atoms with Gasteiger partial charge in [0.1, 0.15) is 10.8 Å². The van der Waals surface area contributed by atoms with Gasteiger partial charge in [0.05, 0.1) is 12.0 Å². The van der Waals surface area contributed by atoms with Crippen LogP contribution in [0.25, 0.3) is 0 Å². The van der Waals surface area contributed by atoms with Gasteiger partial charge in [0.15, 0.2) is 0 Å². The van der Waals surface area contributed by atoms with Gasteiger partial charge < -0.3 is 10.1 Å². The molecule has 1 N–H and O–H groups in total. The normalized spacial score (nSPS) is 10.0. The van der Waals surface area contributed by atoms with Crippen molar-refractivity contribution in [3.63, 3.8) is 0 Å². The average Bonchev–Trinajstić information content (AvgIpc) is 2.39. The number of hydrogen-bond acceptors (Lipinski definition) is 4. The van der Waals surface area contributed by atoms with E-state index in [1.807, 2.05) is 24.3 Å². The van der Waals surface area contributed by atoms with Gasteiger partial charge in [0, 0.05) is 17.4 Å². The van der Waals surface area contributed by atoms with Crippen LogP contribution in [0.2, 0.25) is 5.02 Å². The summed E-state index contributed by atoms with van der Waals surface area (Å²) in [5, 5.41) is 13.8. The standard InChI is InChI=1S/C13H11ClN2O3/c1-19-11-5-2-9(3-6-11)15-10-4-7-13(16(17)18)12(14)8-10/h2-8,15H,1H3. The number of anilines is 2. The third-order valence-corrected chi connectivity index (χ3v) is 2.83. The zero-order valence-electron chi connectivity index (χ0n) is 10.1. The summed E-state index contributed by atoms with van der Waals surface area (Å²) in [6, 6.07) is 11.8. The molecule has 0 radical (unpaired) electrons. The van der Waals surface area contributed by atoms with Gasteiger partial charge in [-0.15, -0.1) is 0 Å². The molecule has 0 aliphatic rings. The fraction of sp³-hybridized carbons (Fsp3) is 0.0769. The highest BCUT2D eigenvalue weighted by molar-refractivity contribution is 6.32. The van der Waals surface area contributed by atoms with Crippen LogP contribution in [0.1, 0.15) is 0 Å². The molecule has 0 atom stereocenters. The Morgan fingerprint density at radius 2 is 1.79 bits per heavy atom. The molecule has 0 aliphatic heterocycles. The van der Waals surface area contributed by atoms with Gasteiger partial charge in [-0.1, -0.05) is 11.6 Å². The number of benzene rings is 2. The molecular weight excluding hydrogens is 268 g/mol. The fourth-order valence-corrected chi connectivity index (χ4v) is 1.82. The van der Waals surface area contributed by atoms with E-state index in [-0.39, 0.29) is 10.7 Å². The van der Waals surface area contributed by atoms with Crippen LogP contribution in [0.15, 0.2) is 42.5 Å². The van der Waals surface area contributed by atoms with Crippen molar-refractivity contribution in [2.24, 2.45) is 0 Å². The summed E-state index contributed by atoms with van der Waals surface area (Å²) in [6.45, 7) is 0. The van der Waals surface area contributed by atoms with Crippen molar-refractivity contribution in [1.82, 2.24) is 0 Å². The van der Waals surface area contributed by atoms with Gasteiger partial charge in [-0.3, -0.25) is 10.1 Å². The Balaban J connectivity index is 2.18. The summed E-state index contributed by atoms with van der Waals surface area (Å²) in [7, 11) is 1.60. The highest BCUT2D eigenvalue weighted by Gasteiger charge is 2.11. The molecule has 0 aromatic heterocycles. The molecule has 0 aliphatic carbocycles. The molecule has 0 bridgehead atoms. The molecule has 0 saturated heterocycles. The maximum atomic E-state index is 10.6. The van der Waals surface area contributed by atoms with Crippen molar-refractivity contribution in [2.45, 2.75) is 0 Å². The van der Waals surface area contributed by atoms with Crippen molar-refractivity contribution in [3.05, 3.63) is 57.6 Å². The third-order valence-electron chi connectivity index (χ3n) is 2.52. The number of hydrogen-bond donors (Lipinski definition) is 1. The van der Waals surface area contributed by atoms with E-state index >= 15 is 0 Å². The van der Waals surface area contributed by atoms with Gasteiger partial charge in [0.2, 0.25) is 0 Å². The molecule has 5 nitrogen and oxygen atoms in total. The molecule has 0 spiro atoms. The molecule has 0 heterocycles. The SMILES string of the molecule is COc1ccc(Nc2ccc([N+](=O)[O-])c(Cl)c2)cc1. The monoisotopic (exact) mass is 278 g/mol. The van der Waals surface area contributed by atoms with Gasteiger partial charge in [-0.25, -0.2) is 0 Å². The second kappa shape index (κ2) is 5.58. The molecule has 0 unspecified atom stereocenters. The molecule has 0 amide bonds. The molecule has 2 aromatic rings. The van der Waals surface area contributed by atoms with Crippen molar-refractivity contribution < 1.29 is 9.66 Å². The molecule has 19 heavy (non-hydrogen) atoms. The summed E-state index contributed by atoms with van der Waals surface area (Å²) < 4.78 is 5.06. The van der Waals surface area contributed by atoms with Crippen LogP contribution in [0.4, 0.5) is 17.1 Å². The molecule has 0 saturated carbocycles. The lowest BCUT2D eigenvalue weighted by Gasteiger charge is -2.07. The molecule has 98 valence electrons. The number of halogens is 1. The van der Waals surface area contributed by atoms with Crippen molar-refractivity contribution in [3.8, 4) is 5.75 Å². The van der Waals surface area contributed by atoms with Gasteiger partial charge in [-0.2, -0.15) is 0 Å². The Kier molecular flexibility index (Phi) is 3.87. The number of nitro groups is 1. The first kappa shape index (κ1) is 13.2. The summed E-state index contributed by atoms with van der Waals surface area (Å²) in [5.41, 5.74) is 1.41. The van der Waals surface area contributed by atoms with Crippen LogP contribution in [-0.4, -0.2) is 12.0 Å². The van der Waals surface area contributed by atoms with E-state index in [1.54, 1.807) is 13.2 Å². The number of nitrogens with zero attached hydrogens (tertiary/aromatic N) is 1. The predicted molar refractivity (Wildman–Crippen MR) is 74.4 cm³/mol. The Labute approximate surface area is 114 Å². The van der Waals surface area contributed by atoms with E-state index in [4.69, 9.17) is 16.3 Å². The van der Waals surface area contributed by atoms with E-state index in [0.29, 0.717) is 5.69 Å². The second-order valence-corrected chi connectivity index (χ2v) is 4.18. The lowest BCUT2D eigenvalue weighted by Crippen LogP contribution is -1.93. The largest absolute Gasteiger partial charge is 0.497 e. The van der Waals surface area contributed by atoms with E-state index in [0.717, 1.165) is 11.4 Å². The highest BCUT2D eigenvalue weighted by atomic mass is 35.5. The minimum atomic E-state index is -0.514. The van der Waals surface area contributed by atoms with E-state index in [1.165, 1.54) is 12.1 Å². The summed E-state index contributed by atoms with van der Waals surface area (Å²) in [5.74, 6) is 0.757. The molecule has 6 heteroatoms. The first-order valence-electron chi connectivity index (χ1n) is 5.45. The number of nitro benzene ring substituents is 1. The highest BCUT2D eigenvalue weighted by Crippen LogP contribution is 2.29. The second-order valence-electron chi connectivity index (χ2n) is 3.78. The first-order chi connectivity index (χ1) is 9.10. The van der Waals surface area contributed by atoms with E-state index in [2.05, 4.69) is 5.32 Å².